The maximum Gasteiger partial charge on any atom is 0.333 e. The van der Waals surface area contributed by atoms with Crippen LogP contribution in [0.25, 0.3) is 0 Å². The number of halogens is 2. The lowest BCUT2D eigenvalue weighted by atomic mass is 9.98. The second-order valence-electron chi connectivity index (χ2n) is 8.18. The average molecular weight is 535 g/mol. The lowest BCUT2D eigenvalue weighted by Crippen LogP contribution is -2.76. The first-order valence-corrected chi connectivity index (χ1v) is 12.6. The number of ether oxygens (including phenoxy) is 2. The van der Waals surface area contributed by atoms with Gasteiger partial charge in [0.1, 0.15) is 18.2 Å². The Labute approximate surface area is 213 Å². The quantitative estimate of drug-likeness (QED) is 0.168. The van der Waals surface area contributed by atoms with Crippen molar-refractivity contribution >= 4 is 44.8 Å². The lowest BCUT2D eigenvalue weighted by molar-refractivity contribution is -0.165. The van der Waals surface area contributed by atoms with Crippen molar-refractivity contribution in [2.24, 2.45) is 0 Å². The molecule has 0 N–H and O–H groups in total. The second-order valence-corrected chi connectivity index (χ2v) is 10.1. The second kappa shape index (κ2) is 9.92. The highest BCUT2D eigenvalue weighted by molar-refractivity contribution is 8.14. The maximum atomic E-state index is 14.2. The van der Waals surface area contributed by atoms with Gasteiger partial charge in [0.25, 0.3) is 17.7 Å². The predicted molar refractivity (Wildman–Crippen MR) is 127 cm³/mol. The summed E-state index contributed by atoms with van der Waals surface area (Å²) in [5.41, 5.74) is 0.119. The predicted octanol–water partition coefficient (Wildman–Crippen LogP) is 2.56. The van der Waals surface area contributed by atoms with E-state index in [1.807, 2.05) is 0 Å². The summed E-state index contributed by atoms with van der Waals surface area (Å²) < 4.78 is 37.1. The van der Waals surface area contributed by atoms with E-state index >= 15 is 0 Å². The molecule has 2 aromatic rings. The molecule has 0 radical (unpaired) electrons. The Morgan fingerprint density at radius 3 is 2.42 bits per heavy atom. The molecule has 36 heavy (non-hydrogen) atoms. The zero-order chi connectivity index (χ0) is 26.3. The van der Waals surface area contributed by atoms with Gasteiger partial charge in [-0.2, -0.15) is 0 Å². The van der Waals surface area contributed by atoms with Crippen LogP contribution in [-0.4, -0.2) is 62.6 Å². The number of imide groups is 1. The van der Waals surface area contributed by atoms with E-state index in [1.165, 1.54) is 26.2 Å². The van der Waals surface area contributed by atoms with Gasteiger partial charge in [-0.15, -0.1) is 0 Å². The van der Waals surface area contributed by atoms with Gasteiger partial charge >= 0.3 is 5.97 Å². The van der Waals surface area contributed by atoms with Gasteiger partial charge in [0.2, 0.25) is 5.37 Å². The number of likely N-dealkylation sites (tertiary alicyclic amines) is 1. The summed E-state index contributed by atoms with van der Waals surface area (Å²) in [4.78, 5) is 53.3. The van der Waals surface area contributed by atoms with Crippen molar-refractivity contribution < 1.29 is 37.6 Å². The molecule has 2 aliphatic heterocycles. The molecule has 4 atom stereocenters. The number of carbonyl (C=O) groups excluding carboxylic acids is 4. The van der Waals surface area contributed by atoms with Crippen LogP contribution in [0, 0.1) is 5.82 Å². The summed E-state index contributed by atoms with van der Waals surface area (Å²) in [6, 6.07) is 7.27. The molecule has 188 valence electrons. The summed E-state index contributed by atoms with van der Waals surface area (Å²) in [5, 5.41) is -1.44. The van der Waals surface area contributed by atoms with Crippen LogP contribution < -0.4 is 4.74 Å². The summed E-state index contributed by atoms with van der Waals surface area (Å²) in [6.07, 6.45) is 0. The van der Waals surface area contributed by atoms with Crippen LogP contribution in [0.5, 0.6) is 5.75 Å². The smallest absolute Gasteiger partial charge is 0.333 e. The standard InChI is InChI=1S/C24H20ClFN2O7S/c1-12(2)18(24(32)35-11-13-7-9-14(34-3)10-8-13)28-22(31)19(23(28)36(25)33)27-20(29)15-5-4-6-16(26)17(15)21(27)30/h4-10,18-19,23H,1,11H2,2-3H3. The Bertz CT molecular complexity index is 1270. The van der Waals surface area contributed by atoms with Gasteiger partial charge in [-0.05, 0) is 42.3 Å². The third kappa shape index (κ3) is 4.23. The highest BCUT2D eigenvalue weighted by atomic mass is 35.7. The minimum atomic E-state index is -2.32. The fraction of sp³-hybridized carbons (Fsp3) is 0.250. The van der Waals surface area contributed by atoms with E-state index in [2.05, 4.69) is 6.58 Å². The number of rotatable bonds is 8. The molecule has 1 saturated heterocycles. The topological polar surface area (TPSA) is 116 Å². The number of hydrogen-bond acceptors (Lipinski definition) is 7. The largest absolute Gasteiger partial charge is 0.597 e. The minimum absolute atomic E-state index is 0.135. The van der Waals surface area contributed by atoms with E-state index in [-0.39, 0.29) is 17.7 Å². The summed E-state index contributed by atoms with van der Waals surface area (Å²) in [7, 11) is 5.06. The first-order chi connectivity index (χ1) is 17.1. The van der Waals surface area contributed by atoms with Crippen LogP contribution in [0.4, 0.5) is 4.39 Å². The van der Waals surface area contributed by atoms with Crippen molar-refractivity contribution in [1.82, 2.24) is 9.80 Å². The molecule has 2 aliphatic rings. The number of amides is 3. The molecule has 0 saturated carbocycles. The Kier molecular flexibility index (Phi) is 7.07. The lowest BCUT2D eigenvalue weighted by Gasteiger charge is -2.49. The number of benzene rings is 2. The number of β-lactam (4-membered cyclic amide) rings is 1. The van der Waals surface area contributed by atoms with E-state index in [0.717, 1.165) is 11.0 Å². The van der Waals surface area contributed by atoms with E-state index in [4.69, 9.17) is 20.2 Å². The van der Waals surface area contributed by atoms with Gasteiger partial charge < -0.3 is 14.0 Å². The first kappa shape index (κ1) is 25.7. The van der Waals surface area contributed by atoms with Crippen LogP contribution in [-0.2, 0) is 31.3 Å². The van der Waals surface area contributed by atoms with E-state index in [9.17, 15) is 28.1 Å². The van der Waals surface area contributed by atoms with Gasteiger partial charge in [0.15, 0.2) is 22.8 Å². The maximum absolute atomic E-state index is 14.2. The van der Waals surface area contributed by atoms with Gasteiger partial charge in [-0.3, -0.25) is 24.2 Å². The van der Waals surface area contributed by atoms with E-state index in [1.54, 1.807) is 24.3 Å². The summed E-state index contributed by atoms with van der Waals surface area (Å²) >= 11 is 0. The number of methoxy groups -OCH3 is 1. The van der Waals surface area contributed by atoms with Crippen molar-refractivity contribution in [3.8, 4) is 5.75 Å². The fourth-order valence-electron chi connectivity index (χ4n) is 4.20. The number of carbonyl (C=O) groups is 4. The number of fused-ring (bicyclic) bond motifs is 1. The Morgan fingerprint density at radius 2 is 1.86 bits per heavy atom. The Morgan fingerprint density at radius 1 is 1.19 bits per heavy atom. The molecule has 12 heteroatoms. The molecule has 9 nitrogen and oxygen atoms in total. The van der Waals surface area contributed by atoms with E-state index in [0.29, 0.717) is 16.2 Å². The first-order valence-electron chi connectivity index (χ1n) is 10.6. The van der Waals surface area contributed by atoms with Gasteiger partial charge in [0, 0.05) is 0 Å². The van der Waals surface area contributed by atoms with Crippen molar-refractivity contribution in [2.45, 2.75) is 31.0 Å². The van der Waals surface area contributed by atoms with Gasteiger partial charge in [0.05, 0.1) is 28.6 Å². The molecule has 4 unspecified atom stereocenters. The van der Waals surface area contributed by atoms with Crippen LogP contribution in [0.1, 0.15) is 33.2 Å². The zero-order valence-electron chi connectivity index (χ0n) is 19.1. The molecule has 1 fully saturated rings. The molecule has 3 amide bonds. The van der Waals surface area contributed by atoms with Gasteiger partial charge in [-0.1, -0.05) is 24.8 Å². The van der Waals surface area contributed by atoms with Gasteiger partial charge in [-0.25, -0.2) is 9.18 Å². The van der Waals surface area contributed by atoms with Crippen molar-refractivity contribution in [2.75, 3.05) is 7.11 Å². The molecular formula is C24H20ClFN2O7S. The Balaban J connectivity index is 1.56. The SMILES string of the molecule is C=C(C)C(C(=O)OCc1ccc(OC)cc1)N1C(=O)C(N2C(=O)c3cccc(F)c3C2=O)C1[S+]([O-])Cl. The molecule has 4 rings (SSSR count). The Hall–Kier alpha value is -3.41. The number of hydrogen-bond donors (Lipinski definition) is 0. The molecule has 2 heterocycles. The summed E-state index contributed by atoms with van der Waals surface area (Å²) in [6.45, 7) is 5.06. The normalized spacial score (nSPS) is 20.5. The monoisotopic (exact) mass is 534 g/mol. The molecule has 2 aromatic carbocycles. The number of esters is 1. The van der Waals surface area contributed by atoms with Crippen LogP contribution in [0.15, 0.2) is 54.6 Å². The van der Waals surface area contributed by atoms with Crippen LogP contribution >= 0.6 is 10.7 Å². The van der Waals surface area contributed by atoms with E-state index < -0.39 is 62.9 Å². The van der Waals surface area contributed by atoms with Crippen LogP contribution in [0.2, 0.25) is 0 Å². The summed E-state index contributed by atoms with van der Waals surface area (Å²) in [5.74, 6) is -4.03. The molecular weight excluding hydrogens is 515 g/mol. The fourth-order valence-corrected chi connectivity index (χ4v) is 5.59. The van der Waals surface area contributed by atoms with Crippen molar-refractivity contribution in [3.05, 3.63) is 77.1 Å². The number of nitrogens with zero attached hydrogens (tertiary/aromatic N) is 2. The average Bonchev–Trinajstić information content (AvgIpc) is 3.09. The molecule has 0 aliphatic carbocycles. The third-order valence-electron chi connectivity index (χ3n) is 5.92. The molecule has 0 bridgehead atoms. The molecule has 0 spiro atoms. The highest BCUT2D eigenvalue weighted by Crippen LogP contribution is 2.39. The third-order valence-corrected chi connectivity index (χ3v) is 7.34. The molecule has 0 aromatic heterocycles. The zero-order valence-corrected chi connectivity index (χ0v) is 20.7. The van der Waals surface area contributed by atoms with Crippen LogP contribution in [0.3, 0.4) is 0 Å². The minimum Gasteiger partial charge on any atom is -0.597 e. The van der Waals surface area contributed by atoms with Crippen molar-refractivity contribution in [1.29, 1.82) is 0 Å². The van der Waals surface area contributed by atoms with Crippen molar-refractivity contribution in [3.63, 3.8) is 0 Å². The highest BCUT2D eigenvalue weighted by Gasteiger charge is 2.65.